The molecule has 0 unspecified atom stereocenters. The van der Waals surface area contributed by atoms with Gasteiger partial charge in [-0.15, -0.1) is 0 Å². The van der Waals surface area contributed by atoms with Crippen LogP contribution in [0.25, 0.3) is 0 Å². The summed E-state index contributed by atoms with van der Waals surface area (Å²) in [6.45, 7) is 2.28. The average Bonchev–Trinajstić information content (AvgIpc) is 2.41. The standard InChI is InChI=1S/C14H11BrFN3/c1-9-4-14(19-8-12(9)15)18-7-11-3-2-10(6-17)5-13(11)16/h2-5,8H,7H2,1H3,(H,18,19). The normalized spacial score (nSPS) is 10.0. The van der Waals surface area contributed by atoms with E-state index in [0.29, 0.717) is 23.5 Å². The Balaban J connectivity index is 2.10. The van der Waals surface area contributed by atoms with E-state index in [1.165, 1.54) is 6.07 Å². The summed E-state index contributed by atoms with van der Waals surface area (Å²) in [6, 6.07) is 8.22. The maximum atomic E-state index is 13.7. The van der Waals surface area contributed by atoms with E-state index in [2.05, 4.69) is 26.2 Å². The van der Waals surface area contributed by atoms with Crippen LogP contribution in [0.4, 0.5) is 10.2 Å². The highest BCUT2D eigenvalue weighted by Crippen LogP contribution is 2.18. The molecule has 0 radical (unpaired) electrons. The van der Waals surface area contributed by atoms with Crippen LogP contribution in [0.15, 0.2) is 34.9 Å². The zero-order chi connectivity index (χ0) is 13.8. The monoisotopic (exact) mass is 319 g/mol. The second-order valence-corrected chi connectivity index (χ2v) is 4.94. The molecule has 2 aromatic rings. The van der Waals surface area contributed by atoms with Crippen LogP contribution in [-0.2, 0) is 6.54 Å². The van der Waals surface area contributed by atoms with E-state index < -0.39 is 0 Å². The van der Waals surface area contributed by atoms with Gasteiger partial charge in [0.2, 0.25) is 0 Å². The van der Waals surface area contributed by atoms with E-state index in [1.54, 1.807) is 18.3 Å². The van der Waals surface area contributed by atoms with E-state index in [0.717, 1.165) is 10.0 Å². The minimum absolute atomic E-state index is 0.318. The number of nitrogens with one attached hydrogen (secondary N) is 1. The highest BCUT2D eigenvalue weighted by atomic mass is 79.9. The molecule has 0 saturated heterocycles. The molecule has 96 valence electrons. The lowest BCUT2D eigenvalue weighted by molar-refractivity contribution is 0.612. The molecule has 1 aromatic carbocycles. The van der Waals surface area contributed by atoms with E-state index in [9.17, 15) is 4.39 Å². The molecule has 0 aliphatic rings. The first kappa shape index (κ1) is 13.5. The molecule has 0 amide bonds. The van der Waals surface area contributed by atoms with Crippen LogP contribution in [0.1, 0.15) is 16.7 Å². The van der Waals surface area contributed by atoms with Gasteiger partial charge in [-0.1, -0.05) is 6.07 Å². The van der Waals surface area contributed by atoms with Crippen molar-refractivity contribution in [2.45, 2.75) is 13.5 Å². The summed E-state index contributed by atoms with van der Waals surface area (Å²) >= 11 is 3.37. The SMILES string of the molecule is Cc1cc(NCc2ccc(C#N)cc2F)ncc1Br. The van der Waals surface area contributed by atoms with Gasteiger partial charge in [0.05, 0.1) is 11.6 Å². The Labute approximate surface area is 119 Å². The molecular formula is C14H11BrFN3. The molecule has 1 heterocycles. The lowest BCUT2D eigenvalue weighted by atomic mass is 10.1. The van der Waals surface area contributed by atoms with Gasteiger partial charge in [-0.05, 0) is 46.6 Å². The van der Waals surface area contributed by atoms with E-state index in [-0.39, 0.29) is 5.82 Å². The van der Waals surface area contributed by atoms with Crippen molar-refractivity contribution in [1.29, 1.82) is 5.26 Å². The predicted molar refractivity (Wildman–Crippen MR) is 75.1 cm³/mol. The third kappa shape index (κ3) is 3.30. The van der Waals surface area contributed by atoms with Crippen molar-refractivity contribution < 1.29 is 4.39 Å². The summed E-state index contributed by atoms with van der Waals surface area (Å²) in [4.78, 5) is 4.18. The average molecular weight is 320 g/mol. The summed E-state index contributed by atoms with van der Waals surface area (Å²) < 4.78 is 14.6. The maximum absolute atomic E-state index is 13.7. The predicted octanol–water partition coefficient (Wildman–Crippen LogP) is 3.78. The van der Waals surface area contributed by atoms with Crippen LogP contribution in [-0.4, -0.2) is 4.98 Å². The fourth-order valence-corrected chi connectivity index (χ4v) is 1.80. The highest BCUT2D eigenvalue weighted by molar-refractivity contribution is 9.10. The van der Waals surface area contributed by atoms with E-state index in [4.69, 9.17) is 5.26 Å². The number of hydrogen-bond donors (Lipinski definition) is 1. The van der Waals surface area contributed by atoms with Crippen molar-refractivity contribution in [2.24, 2.45) is 0 Å². The number of rotatable bonds is 3. The van der Waals surface area contributed by atoms with Gasteiger partial charge in [0.1, 0.15) is 11.6 Å². The Morgan fingerprint density at radius 3 is 2.84 bits per heavy atom. The fourth-order valence-electron chi connectivity index (χ4n) is 1.58. The molecule has 1 aromatic heterocycles. The second-order valence-electron chi connectivity index (χ2n) is 4.09. The zero-order valence-corrected chi connectivity index (χ0v) is 11.8. The van der Waals surface area contributed by atoms with Gasteiger partial charge >= 0.3 is 0 Å². The molecule has 0 aliphatic carbocycles. The summed E-state index contributed by atoms with van der Waals surface area (Å²) in [5.41, 5.74) is 1.87. The van der Waals surface area contributed by atoms with Gasteiger partial charge in [-0.3, -0.25) is 0 Å². The number of aromatic nitrogens is 1. The smallest absolute Gasteiger partial charge is 0.129 e. The Kier molecular flexibility index (Phi) is 4.13. The molecule has 5 heteroatoms. The van der Waals surface area contributed by atoms with Crippen LogP contribution in [0.3, 0.4) is 0 Å². The van der Waals surface area contributed by atoms with E-state index >= 15 is 0 Å². The van der Waals surface area contributed by atoms with Crippen molar-refractivity contribution >= 4 is 21.7 Å². The molecule has 0 aliphatic heterocycles. The molecule has 3 nitrogen and oxygen atoms in total. The molecule has 2 rings (SSSR count). The minimum Gasteiger partial charge on any atom is -0.366 e. The third-order valence-electron chi connectivity index (χ3n) is 2.69. The first-order valence-corrected chi connectivity index (χ1v) is 6.44. The summed E-state index contributed by atoms with van der Waals surface area (Å²) in [5.74, 6) is 0.296. The molecule has 0 atom stereocenters. The van der Waals surface area contributed by atoms with Gasteiger partial charge in [0.25, 0.3) is 0 Å². The largest absolute Gasteiger partial charge is 0.366 e. The summed E-state index contributed by atoms with van der Waals surface area (Å²) in [7, 11) is 0. The molecular weight excluding hydrogens is 309 g/mol. The van der Waals surface area contributed by atoms with Crippen LogP contribution in [0.2, 0.25) is 0 Å². The van der Waals surface area contributed by atoms with Crippen molar-refractivity contribution in [2.75, 3.05) is 5.32 Å². The van der Waals surface area contributed by atoms with Crippen molar-refractivity contribution in [1.82, 2.24) is 4.98 Å². The summed E-state index contributed by atoms with van der Waals surface area (Å²) in [6.07, 6.45) is 1.70. The Morgan fingerprint density at radius 2 is 2.21 bits per heavy atom. The zero-order valence-electron chi connectivity index (χ0n) is 10.2. The van der Waals surface area contributed by atoms with Crippen LogP contribution >= 0.6 is 15.9 Å². The molecule has 0 spiro atoms. The number of halogens is 2. The van der Waals surface area contributed by atoms with Gasteiger partial charge in [0.15, 0.2) is 0 Å². The number of hydrogen-bond acceptors (Lipinski definition) is 3. The Bertz CT molecular complexity index is 650. The number of pyridine rings is 1. The van der Waals surface area contributed by atoms with Crippen LogP contribution in [0.5, 0.6) is 0 Å². The first-order chi connectivity index (χ1) is 9.10. The van der Waals surface area contributed by atoms with Gasteiger partial charge in [-0.2, -0.15) is 5.26 Å². The first-order valence-electron chi connectivity index (χ1n) is 5.64. The molecule has 0 bridgehead atoms. The topological polar surface area (TPSA) is 48.7 Å². The summed E-state index contributed by atoms with van der Waals surface area (Å²) in [5, 5.41) is 11.7. The number of aryl methyl sites for hydroxylation is 1. The number of benzene rings is 1. The quantitative estimate of drug-likeness (QED) is 0.936. The number of nitriles is 1. The molecule has 0 fully saturated rings. The minimum atomic E-state index is -0.389. The molecule has 19 heavy (non-hydrogen) atoms. The highest BCUT2D eigenvalue weighted by Gasteiger charge is 2.04. The third-order valence-corrected chi connectivity index (χ3v) is 3.52. The lowest BCUT2D eigenvalue weighted by Gasteiger charge is -2.08. The Morgan fingerprint density at radius 1 is 1.42 bits per heavy atom. The lowest BCUT2D eigenvalue weighted by Crippen LogP contribution is -2.04. The fraction of sp³-hybridized carbons (Fsp3) is 0.143. The number of anilines is 1. The van der Waals surface area contributed by atoms with Crippen LogP contribution < -0.4 is 5.32 Å². The van der Waals surface area contributed by atoms with Gasteiger partial charge in [-0.25, -0.2) is 9.37 Å². The second kappa shape index (κ2) is 5.81. The van der Waals surface area contributed by atoms with E-state index in [1.807, 2.05) is 19.1 Å². The van der Waals surface area contributed by atoms with Crippen LogP contribution in [0, 0.1) is 24.1 Å². The van der Waals surface area contributed by atoms with Gasteiger partial charge in [0, 0.05) is 22.8 Å². The maximum Gasteiger partial charge on any atom is 0.129 e. The number of nitrogens with zero attached hydrogens (tertiary/aromatic N) is 2. The molecule has 0 saturated carbocycles. The van der Waals surface area contributed by atoms with Crippen molar-refractivity contribution in [3.05, 3.63) is 57.4 Å². The van der Waals surface area contributed by atoms with Crippen molar-refractivity contribution in [3.8, 4) is 6.07 Å². The van der Waals surface area contributed by atoms with Crippen molar-refractivity contribution in [3.63, 3.8) is 0 Å². The molecule has 1 N–H and O–H groups in total. The van der Waals surface area contributed by atoms with Gasteiger partial charge < -0.3 is 5.32 Å². The Hall–Kier alpha value is -1.93.